The maximum absolute atomic E-state index is 12.2. The Hall–Kier alpha value is -2.77. The van der Waals surface area contributed by atoms with Crippen LogP contribution in [-0.4, -0.2) is 23.6 Å². The summed E-state index contributed by atoms with van der Waals surface area (Å²) in [5, 5.41) is 3.86. The minimum absolute atomic E-state index is 0.179. The molecule has 0 aliphatic carbocycles. The molecule has 0 bridgehead atoms. The van der Waals surface area contributed by atoms with Crippen molar-refractivity contribution in [1.82, 2.24) is 5.32 Å². The molecule has 3 rings (SSSR count). The molecule has 1 aliphatic rings. The molecule has 0 spiro atoms. The quantitative estimate of drug-likeness (QED) is 0.751. The Kier molecular flexibility index (Phi) is 5.83. The van der Waals surface area contributed by atoms with E-state index < -0.39 is 5.91 Å². The van der Waals surface area contributed by atoms with E-state index in [-0.39, 0.29) is 12.5 Å². The highest BCUT2D eigenvalue weighted by atomic mass is 35.5. The number of carbonyl (C=O) groups excluding carboxylic acids is 2. The first kappa shape index (κ1) is 19.0. The second kappa shape index (κ2) is 8.28. The van der Waals surface area contributed by atoms with Gasteiger partial charge in [-0.3, -0.25) is 9.59 Å². The number of thioether (sulfide) groups is 1. The number of carbonyl (C=O) groups is 2. The van der Waals surface area contributed by atoms with Gasteiger partial charge >= 0.3 is 0 Å². The van der Waals surface area contributed by atoms with Crippen LogP contribution in [0.25, 0.3) is 6.08 Å². The van der Waals surface area contributed by atoms with Crippen molar-refractivity contribution in [2.75, 3.05) is 6.61 Å². The van der Waals surface area contributed by atoms with Gasteiger partial charge in [0.25, 0.3) is 11.8 Å². The van der Waals surface area contributed by atoms with Gasteiger partial charge in [0.15, 0.2) is 11.8 Å². The molecule has 2 aromatic carbocycles. The average molecular weight is 402 g/mol. The van der Waals surface area contributed by atoms with Gasteiger partial charge in [-0.1, -0.05) is 29.8 Å². The zero-order valence-electron chi connectivity index (χ0n) is 14.4. The Morgan fingerprint density at radius 3 is 2.70 bits per heavy atom. The van der Waals surface area contributed by atoms with Crippen molar-refractivity contribution in [3.05, 3.63) is 63.5 Å². The van der Waals surface area contributed by atoms with E-state index in [0.717, 1.165) is 11.1 Å². The molecule has 2 amide bonds. The minimum atomic E-state index is -0.540. The number of hydrogen-bond donors (Lipinski definition) is 2. The van der Waals surface area contributed by atoms with E-state index >= 15 is 0 Å². The molecule has 2 aromatic rings. The summed E-state index contributed by atoms with van der Waals surface area (Å²) in [6, 6.07) is 12.4. The number of benzene rings is 2. The fourth-order valence-electron chi connectivity index (χ4n) is 2.22. The van der Waals surface area contributed by atoms with Gasteiger partial charge in [0.1, 0.15) is 5.75 Å². The maximum Gasteiger partial charge on any atom is 0.264 e. The Labute approximate surface area is 165 Å². The van der Waals surface area contributed by atoms with Crippen LogP contribution in [0.5, 0.6) is 5.75 Å². The lowest BCUT2D eigenvalue weighted by Crippen LogP contribution is -2.20. The molecule has 1 heterocycles. The Morgan fingerprint density at radius 1 is 1.30 bits per heavy atom. The molecular weight excluding hydrogens is 386 g/mol. The molecule has 8 heteroatoms. The van der Waals surface area contributed by atoms with Crippen molar-refractivity contribution in [2.45, 2.75) is 6.92 Å². The van der Waals surface area contributed by atoms with Crippen LogP contribution in [0, 0.1) is 6.92 Å². The first-order chi connectivity index (χ1) is 12.9. The fourth-order valence-corrected chi connectivity index (χ4v) is 3.23. The number of hydrogen-bond acceptors (Lipinski definition) is 5. The maximum atomic E-state index is 12.2. The minimum Gasteiger partial charge on any atom is -0.484 e. The van der Waals surface area contributed by atoms with Gasteiger partial charge in [0, 0.05) is 5.02 Å². The molecule has 1 saturated heterocycles. The van der Waals surface area contributed by atoms with Crippen molar-refractivity contribution in [1.29, 1.82) is 0 Å². The van der Waals surface area contributed by atoms with Crippen molar-refractivity contribution in [3.8, 4) is 5.75 Å². The molecule has 138 valence electrons. The Morgan fingerprint density at radius 2 is 2.04 bits per heavy atom. The lowest BCUT2D eigenvalue weighted by atomic mass is 10.2. The number of halogens is 1. The average Bonchev–Trinajstić information content (AvgIpc) is 2.96. The summed E-state index contributed by atoms with van der Waals surface area (Å²) in [7, 11) is 0. The lowest BCUT2D eigenvalue weighted by molar-refractivity contribution is -0.120. The van der Waals surface area contributed by atoms with E-state index in [0.29, 0.717) is 26.5 Å². The van der Waals surface area contributed by atoms with Crippen LogP contribution in [-0.2, 0) is 9.59 Å². The molecule has 0 saturated carbocycles. The monoisotopic (exact) mass is 401 g/mol. The van der Waals surface area contributed by atoms with Crippen molar-refractivity contribution >= 4 is 52.1 Å². The molecule has 1 fully saturated rings. The van der Waals surface area contributed by atoms with Gasteiger partial charge < -0.3 is 15.8 Å². The molecule has 1 aliphatic heterocycles. The Balaban J connectivity index is 1.72. The van der Waals surface area contributed by atoms with Crippen LogP contribution >= 0.6 is 23.4 Å². The van der Waals surface area contributed by atoms with Crippen LogP contribution in [0.15, 0.2) is 52.4 Å². The third kappa shape index (κ3) is 5.12. The topological polar surface area (TPSA) is 93.8 Å². The second-order valence-corrected chi connectivity index (χ2v) is 7.18. The van der Waals surface area contributed by atoms with E-state index in [1.54, 1.807) is 36.4 Å². The van der Waals surface area contributed by atoms with Gasteiger partial charge in [-0.25, -0.2) is 4.99 Å². The van der Waals surface area contributed by atoms with Gasteiger partial charge in [-0.05, 0) is 60.2 Å². The van der Waals surface area contributed by atoms with Crippen LogP contribution in [0.1, 0.15) is 11.1 Å². The number of nitrogens with zero attached hydrogens (tertiary/aromatic N) is 1. The fraction of sp³-hybridized carbons (Fsp3) is 0.105. The van der Waals surface area contributed by atoms with Crippen molar-refractivity contribution in [3.63, 3.8) is 0 Å². The van der Waals surface area contributed by atoms with Crippen molar-refractivity contribution < 1.29 is 14.3 Å². The summed E-state index contributed by atoms with van der Waals surface area (Å²) < 4.78 is 5.21. The number of primary amides is 1. The number of rotatable bonds is 5. The standard InChI is InChI=1S/C19H16ClN3O3S/c1-11-2-5-13(9-15(11)20)22-19-23-18(25)16(27-19)8-12-3-6-14(7-4-12)26-10-17(21)24/h2-9H,10H2,1H3,(H2,21,24)(H,22,23,25)/b16-8-. The second-order valence-electron chi connectivity index (χ2n) is 5.74. The van der Waals surface area contributed by atoms with Crippen molar-refractivity contribution in [2.24, 2.45) is 10.7 Å². The molecule has 0 aromatic heterocycles. The van der Waals surface area contributed by atoms with Crippen LogP contribution in [0.4, 0.5) is 5.69 Å². The number of amides is 2. The highest BCUT2D eigenvalue weighted by Crippen LogP contribution is 2.29. The molecule has 6 nitrogen and oxygen atoms in total. The van der Waals surface area contributed by atoms with Gasteiger partial charge in [0.2, 0.25) is 0 Å². The molecule has 0 radical (unpaired) electrons. The van der Waals surface area contributed by atoms with Gasteiger partial charge in [0.05, 0.1) is 10.6 Å². The van der Waals surface area contributed by atoms with Gasteiger partial charge in [-0.15, -0.1) is 0 Å². The van der Waals surface area contributed by atoms with E-state index in [1.807, 2.05) is 19.1 Å². The highest BCUT2D eigenvalue weighted by molar-refractivity contribution is 8.18. The zero-order chi connectivity index (χ0) is 19.4. The first-order valence-electron chi connectivity index (χ1n) is 7.97. The summed E-state index contributed by atoms with van der Waals surface area (Å²) in [4.78, 5) is 27.8. The summed E-state index contributed by atoms with van der Waals surface area (Å²) in [6.07, 6.45) is 1.75. The number of ether oxygens (including phenoxy) is 1. The lowest BCUT2D eigenvalue weighted by Gasteiger charge is -2.03. The normalized spacial score (nSPS) is 16.6. The largest absolute Gasteiger partial charge is 0.484 e. The van der Waals surface area contributed by atoms with Crippen LogP contribution < -0.4 is 15.8 Å². The molecule has 3 N–H and O–H groups in total. The van der Waals surface area contributed by atoms with E-state index in [9.17, 15) is 9.59 Å². The molecule has 27 heavy (non-hydrogen) atoms. The molecule has 0 unspecified atom stereocenters. The Bertz CT molecular complexity index is 955. The first-order valence-corrected chi connectivity index (χ1v) is 9.17. The third-order valence-electron chi connectivity index (χ3n) is 3.60. The predicted octanol–water partition coefficient (Wildman–Crippen LogP) is 3.40. The summed E-state index contributed by atoms with van der Waals surface area (Å²) in [5.74, 6) is -0.231. The summed E-state index contributed by atoms with van der Waals surface area (Å²) in [5.41, 5.74) is 7.49. The van der Waals surface area contributed by atoms with E-state index in [2.05, 4.69) is 10.3 Å². The smallest absolute Gasteiger partial charge is 0.264 e. The number of aliphatic imine (C=N–C) groups is 1. The highest BCUT2D eigenvalue weighted by Gasteiger charge is 2.23. The summed E-state index contributed by atoms with van der Waals surface area (Å²) >= 11 is 7.36. The number of aryl methyl sites for hydroxylation is 1. The molecule has 0 atom stereocenters. The van der Waals surface area contributed by atoms with Gasteiger partial charge in [-0.2, -0.15) is 0 Å². The predicted molar refractivity (Wildman–Crippen MR) is 108 cm³/mol. The van der Waals surface area contributed by atoms with Crippen LogP contribution in [0.2, 0.25) is 5.02 Å². The zero-order valence-corrected chi connectivity index (χ0v) is 15.9. The molecular formula is C19H16ClN3O3S. The summed E-state index contributed by atoms with van der Waals surface area (Å²) in [6.45, 7) is 1.73. The number of amidine groups is 1. The SMILES string of the molecule is Cc1ccc(N=C2NC(=O)/C(=C/c3ccc(OCC(N)=O)cc3)S2)cc1Cl. The van der Waals surface area contributed by atoms with E-state index in [1.165, 1.54) is 11.8 Å². The third-order valence-corrected chi connectivity index (χ3v) is 4.91. The van der Waals surface area contributed by atoms with Crippen LogP contribution in [0.3, 0.4) is 0 Å². The number of nitrogens with one attached hydrogen (secondary N) is 1. The number of nitrogens with two attached hydrogens (primary N) is 1. The van der Waals surface area contributed by atoms with E-state index in [4.69, 9.17) is 22.1 Å².